The molecule has 82 valence electrons. The summed E-state index contributed by atoms with van der Waals surface area (Å²) in [7, 11) is -3.30. The van der Waals surface area contributed by atoms with E-state index in [9.17, 15) is 12.8 Å². The van der Waals surface area contributed by atoms with Crippen LogP contribution in [0.3, 0.4) is 0 Å². The van der Waals surface area contributed by atoms with Gasteiger partial charge in [-0.25, -0.2) is 12.8 Å². The third kappa shape index (κ3) is 3.47. The maximum Gasteiger partial charge on any atom is 0.181 e. The minimum Gasteiger partial charge on any atom is -0.247 e. The van der Waals surface area contributed by atoms with E-state index >= 15 is 0 Å². The second kappa shape index (κ2) is 5.07. The number of aryl methyl sites for hydroxylation is 1. The maximum absolute atomic E-state index is 11.7. The average Bonchev–Trinajstić information content (AvgIpc) is 2.18. The molecule has 0 aliphatic heterocycles. The highest BCUT2D eigenvalue weighted by molar-refractivity contribution is 7.91. The molecule has 0 aromatic heterocycles. The lowest BCUT2D eigenvalue weighted by Gasteiger charge is -2.01. The fourth-order valence-electron chi connectivity index (χ4n) is 1.10. The Bertz CT molecular complexity index is 432. The number of alkyl halides is 1. The molecule has 1 aromatic rings. The predicted octanol–water partition coefficient (Wildman–Crippen LogP) is 2.29. The van der Waals surface area contributed by atoms with Gasteiger partial charge in [-0.1, -0.05) is 29.8 Å². The SMILES string of the molecule is Cc1ccc(S(=O)(=O)CC=CCF)cc1. The highest BCUT2D eigenvalue weighted by Crippen LogP contribution is 2.12. The summed E-state index contributed by atoms with van der Waals surface area (Å²) in [6.45, 7) is 1.25. The molecule has 2 nitrogen and oxygen atoms in total. The summed E-state index contributed by atoms with van der Waals surface area (Å²) >= 11 is 0. The predicted molar refractivity (Wildman–Crippen MR) is 58.3 cm³/mol. The molecule has 0 spiro atoms. The van der Waals surface area contributed by atoms with E-state index in [1.54, 1.807) is 24.3 Å². The zero-order valence-electron chi connectivity index (χ0n) is 8.48. The second-order valence-electron chi connectivity index (χ2n) is 3.22. The van der Waals surface area contributed by atoms with E-state index in [2.05, 4.69) is 0 Å². The van der Waals surface area contributed by atoms with Crippen molar-refractivity contribution in [3.05, 3.63) is 42.0 Å². The first-order chi connectivity index (χ1) is 7.06. The van der Waals surface area contributed by atoms with E-state index in [-0.39, 0.29) is 10.6 Å². The molecule has 0 bridgehead atoms. The van der Waals surface area contributed by atoms with E-state index in [1.165, 1.54) is 12.2 Å². The Kier molecular flexibility index (Phi) is 4.03. The zero-order valence-corrected chi connectivity index (χ0v) is 9.30. The van der Waals surface area contributed by atoms with E-state index < -0.39 is 16.5 Å². The molecule has 0 aliphatic carbocycles. The summed E-state index contributed by atoms with van der Waals surface area (Å²) in [5.74, 6) is -0.153. The van der Waals surface area contributed by atoms with Crippen molar-refractivity contribution in [1.82, 2.24) is 0 Å². The van der Waals surface area contributed by atoms with Crippen molar-refractivity contribution < 1.29 is 12.8 Å². The molecule has 0 amide bonds. The first-order valence-electron chi connectivity index (χ1n) is 4.56. The van der Waals surface area contributed by atoms with E-state index in [1.807, 2.05) is 6.92 Å². The Morgan fingerprint density at radius 2 is 1.80 bits per heavy atom. The van der Waals surface area contributed by atoms with Gasteiger partial charge in [0.25, 0.3) is 0 Å². The van der Waals surface area contributed by atoms with Crippen LogP contribution in [0.2, 0.25) is 0 Å². The van der Waals surface area contributed by atoms with Crippen molar-refractivity contribution in [3.8, 4) is 0 Å². The molecule has 0 saturated carbocycles. The molecule has 0 fully saturated rings. The van der Waals surface area contributed by atoms with Crippen molar-refractivity contribution in [2.45, 2.75) is 11.8 Å². The highest BCUT2D eigenvalue weighted by Gasteiger charge is 2.11. The van der Waals surface area contributed by atoms with Gasteiger partial charge in [0.15, 0.2) is 9.84 Å². The molecule has 0 saturated heterocycles. The third-order valence-electron chi connectivity index (χ3n) is 1.95. The quantitative estimate of drug-likeness (QED) is 0.741. The summed E-state index contributed by atoms with van der Waals surface area (Å²) < 4.78 is 35.0. The molecule has 0 heterocycles. The lowest BCUT2D eigenvalue weighted by molar-refractivity contribution is 0.561. The highest BCUT2D eigenvalue weighted by atomic mass is 32.2. The molecular weight excluding hydrogens is 215 g/mol. The van der Waals surface area contributed by atoms with Crippen LogP contribution in [0.25, 0.3) is 0 Å². The summed E-state index contributed by atoms with van der Waals surface area (Å²) in [6.07, 6.45) is 2.53. The van der Waals surface area contributed by atoms with Gasteiger partial charge in [-0.3, -0.25) is 0 Å². The largest absolute Gasteiger partial charge is 0.247 e. The van der Waals surface area contributed by atoms with Gasteiger partial charge in [-0.15, -0.1) is 0 Å². The standard InChI is InChI=1S/C11H13FO2S/c1-10-4-6-11(7-5-10)15(13,14)9-3-2-8-12/h2-7H,8-9H2,1H3. The number of sulfone groups is 1. The summed E-state index contributed by atoms with van der Waals surface area (Å²) in [4.78, 5) is 0.275. The van der Waals surface area contributed by atoms with Gasteiger partial charge in [0.2, 0.25) is 0 Å². The smallest absolute Gasteiger partial charge is 0.181 e. The summed E-state index contributed by atoms with van der Waals surface area (Å²) in [5, 5.41) is 0. The van der Waals surface area contributed by atoms with E-state index in [0.717, 1.165) is 5.56 Å². The fraction of sp³-hybridized carbons (Fsp3) is 0.273. The molecule has 0 aliphatic rings. The topological polar surface area (TPSA) is 34.1 Å². The minimum absolute atomic E-state index is 0.153. The summed E-state index contributed by atoms with van der Waals surface area (Å²) in [6, 6.07) is 6.61. The Balaban J connectivity index is 2.87. The van der Waals surface area contributed by atoms with Crippen molar-refractivity contribution in [3.63, 3.8) is 0 Å². The molecule has 0 unspecified atom stereocenters. The van der Waals surface area contributed by atoms with Gasteiger partial charge < -0.3 is 0 Å². The molecule has 0 atom stereocenters. The van der Waals surface area contributed by atoms with Crippen LogP contribution in [0.15, 0.2) is 41.3 Å². The van der Waals surface area contributed by atoms with Gasteiger partial charge in [-0.2, -0.15) is 0 Å². The minimum atomic E-state index is -3.30. The monoisotopic (exact) mass is 228 g/mol. The number of rotatable bonds is 4. The molecule has 1 rings (SSSR count). The number of allylic oxidation sites excluding steroid dienone is 1. The lowest BCUT2D eigenvalue weighted by Crippen LogP contribution is -2.04. The van der Waals surface area contributed by atoms with E-state index in [0.29, 0.717) is 0 Å². The molecule has 4 heteroatoms. The molecule has 0 radical (unpaired) electrons. The van der Waals surface area contributed by atoms with Gasteiger partial charge in [0.1, 0.15) is 6.67 Å². The van der Waals surface area contributed by atoms with Crippen molar-refractivity contribution in [1.29, 1.82) is 0 Å². The van der Waals surface area contributed by atoms with Gasteiger partial charge in [-0.05, 0) is 19.1 Å². The second-order valence-corrected chi connectivity index (χ2v) is 5.25. The first-order valence-corrected chi connectivity index (χ1v) is 6.22. The van der Waals surface area contributed by atoms with Crippen LogP contribution >= 0.6 is 0 Å². The number of benzene rings is 1. The molecule has 15 heavy (non-hydrogen) atoms. The molecule has 1 aromatic carbocycles. The van der Waals surface area contributed by atoms with Crippen molar-refractivity contribution in [2.75, 3.05) is 12.4 Å². The number of hydrogen-bond acceptors (Lipinski definition) is 2. The molecular formula is C11H13FO2S. The van der Waals surface area contributed by atoms with Crippen LogP contribution in [-0.4, -0.2) is 20.8 Å². The van der Waals surface area contributed by atoms with Crippen LogP contribution < -0.4 is 0 Å². The van der Waals surface area contributed by atoms with E-state index in [4.69, 9.17) is 0 Å². The first kappa shape index (κ1) is 11.9. The van der Waals surface area contributed by atoms with Gasteiger partial charge in [0.05, 0.1) is 10.6 Å². The van der Waals surface area contributed by atoms with Crippen LogP contribution in [-0.2, 0) is 9.84 Å². The normalized spacial score (nSPS) is 12.1. The van der Waals surface area contributed by atoms with Gasteiger partial charge >= 0.3 is 0 Å². The Labute approximate surface area is 89.4 Å². The number of halogens is 1. The summed E-state index contributed by atoms with van der Waals surface area (Å²) in [5.41, 5.74) is 1.01. The third-order valence-corrected chi connectivity index (χ3v) is 3.57. The van der Waals surface area contributed by atoms with Crippen molar-refractivity contribution >= 4 is 9.84 Å². The Hall–Kier alpha value is -1.16. The average molecular weight is 228 g/mol. The fourth-order valence-corrected chi connectivity index (χ4v) is 2.23. The van der Waals surface area contributed by atoms with Crippen LogP contribution in [0.5, 0.6) is 0 Å². The maximum atomic E-state index is 11.7. The van der Waals surface area contributed by atoms with Crippen molar-refractivity contribution in [2.24, 2.45) is 0 Å². The van der Waals surface area contributed by atoms with Crippen LogP contribution in [0, 0.1) is 6.92 Å². The molecule has 0 N–H and O–H groups in total. The van der Waals surface area contributed by atoms with Gasteiger partial charge in [0, 0.05) is 0 Å². The van der Waals surface area contributed by atoms with Crippen LogP contribution in [0.4, 0.5) is 4.39 Å². The lowest BCUT2D eigenvalue weighted by atomic mass is 10.2. The number of hydrogen-bond donors (Lipinski definition) is 0. The Morgan fingerprint density at radius 1 is 1.20 bits per heavy atom. The van der Waals surface area contributed by atoms with Crippen LogP contribution in [0.1, 0.15) is 5.56 Å². The Morgan fingerprint density at radius 3 is 2.33 bits per heavy atom. The zero-order chi connectivity index (χ0) is 11.3.